The van der Waals surface area contributed by atoms with E-state index < -0.39 is 19.7 Å². The van der Waals surface area contributed by atoms with E-state index in [0.29, 0.717) is 0 Å². The van der Waals surface area contributed by atoms with Gasteiger partial charge in [-0.1, -0.05) is 26.9 Å². The zero-order chi connectivity index (χ0) is 11.5. The summed E-state index contributed by atoms with van der Waals surface area (Å²) >= 11 is 0. The summed E-state index contributed by atoms with van der Waals surface area (Å²) in [5, 5.41) is 0.918. The number of hydrazine groups is 1. The Balaban J connectivity index is 0. The van der Waals surface area contributed by atoms with Crippen LogP contribution in [0.25, 0.3) is 0 Å². The third kappa shape index (κ3) is 8.37. The zero-order valence-electron chi connectivity index (χ0n) is 10.4. The maximum absolute atomic E-state index is 11.3. The molecule has 6 nitrogen and oxygen atoms in total. The Morgan fingerprint density at radius 2 is 1.71 bits per heavy atom. The van der Waals surface area contributed by atoms with E-state index in [0.717, 1.165) is 37.1 Å². The molecular formula is C8H15N2Na2O4P. The smallest absolute Gasteiger partial charge is 0.810 e. The van der Waals surface area contributed by atoms with Gasteiger partial charge < -0.3 is 14.4 Å². The normalized spacial score (nSPS) is 16.6. The molecule has 1 aliphatic carbocycles. The van der Waals surface area contributed by atoms with Crippen molar-refractivity contribution in [2.24, 2.45) is 5.84 Å². The first-order chi connectivity index (χ1) is 6.90. The molecule has 2 N–H and O–H groups in total. The molecule has 0 aromatic rings. The van der Waals surface area contributed by atoms with Crippen LogP contribution in [0.3, 0.4) is 0 Å². The van der Waals surface area contributed by atoms with Gasteiger partial charge in [0.15, 0.2) is 0 Å². The molecule has 17 heavy (non-hydrogen) atoms. The predicted octanol–water partition coefficient (Wildman–Crippen LogP) is -7.06. The van der Waals surface area contributed by atoms with E-state index in [9.17, 15) is 19.1 Å². The summed E-state index contributed by atoms with van der Waals surface area (Å²) in [6, 6.07) is -0.113. The standard InChI is InChI=1S/C8H17N2O4P.2Na/c9-10(7-4-2-1-3-5-7)8(11)6-15(12,13)14;;/h7H,1-6,9H2,(H2,12,13,14);;/q;2*+1/p-2. The summed E-state index contributed by atoms with van der Waals surface area (Å²) in [5.41, 5.74) is 0. The fourth-order valence-corrected chi connectivity index (χ4v) is 2.30. The molecule has 1 amide bonds. The largest absolute Gasteiger partial charge is 1.00 e. The molecule has 1 saturated carbocycles. The second-order valence-electron chi connectivity index (χ2n) is 3.86. The van der Waals surface area contributed by atoms with Crippen molar-refractivity contribution >= 4 is 13.5 Å². The van der Waals surface area contributed by atoms with Gasteiger partial charge in [0.2, 0.25) is 5.91 Å². The summed E-state index contributed by atoms with van der Waals surface area (Å²) in [5.74, 6) is 4.69. The number of hydrogen-bond donors (Lipinski definition) is 1. The summed E-state index contributed by atoms with van der Waals surface area (Å²) in [6.45, 7) is 0. The van der Waals surface area contributed by atoms with E-state index in [1.807, 2.05) is 0 Å². The first-order valence-electron chi connectivity index (χ1n) is 4.98. The third-order valence-electron chi connectivity index (χ3n) is 2.58. The fourth-order valence-electron chi connectivity index (χ4n) is 1.81. The molecule has 0 spiro atoms. The molecule has 0 bridgehead atoms. The van der Waals surface area contributed by atoms with Crippen molar-refractivity contribution in [1.82, 2.24) is 5.01 Å². The second-order valence-corrected chi connectivity index (χ2v) is 5.40. The summed E-state index contributed by atoms with van der Waals surface area (Å²) in [6.07, 6.45) is 3.63. The van der Waals surface area contributed by atoms with Crippen molar-refractivity contribution in [1.29, 1.82) is 0 Å². The van der Waals surface area contributed by atoms with Crippen LogP contribution in [0.2, 0.25) is 0 Å². The minimum atomic E-state index is -4.80. The van der Waals surface area contributed by atoms with Crippen LogP contribution in [-0.2, 0) is 9.36 Å². The molecule has 1 rings (SSSR count). The summed E-state index contributed by atoms with van der Waals surface area (Å²) in [7, 11) is -4.80. The van der Waals surface area contributed by atoms with Crippen LogP contribution in [0.5, 0.6) is 0 Å². The Morgan fingerprint density at radius 3 is 2.12 bits per heavy atom. The zero-order valence-corrected chi connectivity index (χ0v) is 15.3. The number of hydrogen-bond acceptors (Lipinski definition) is 5. The fraction of sp³-hybridized carbons (Fsp3) is 0.875. The maximum Gasteiger partial charge on any atom is 1.00 e. The van der Waals surface area contributed by atoms with Crippen molar-refractivity contribution in [3.05, 3.63) is 0 Å². The van der Waals surface area contributed by atoms with Crippen LogP contribution in [0.1, 0.15) is 32.1 Å². The van der Waals surface area contributed by atoms with Gasteiger partial charge in [-0.2, -0.15) is 0 Å². The van der Waals surface area contributed by atoms with Gasteiger partial charge in [-0.05, 0) is 12.8 Å². The van der Waals surface area contributed by atoms with Crippen molar-refractivity contribution in [2.75, 3.05) is 6.16 Å². The van der Waals surface area contributed by atoms with Crippen LogP contribution in [0.15, 0.2) is 0 Å². The van der Waals surface area contributed by atoms with Gasteiger partial charge in [-0.25, -0.2) is 5.84 Å². The Morgan fingerprint density at radius 1 is 1.24 bits per heavy atom. The van der Waals surface area contributed by atoms with E-state index in [2.05, 4.69) is 0 Å². The minimum Gasteiger partial charge on any atom is -0.810 e. The van der Waals surface area contributed by atoms with Crippen molar-refractivity contribution in [3.63, 3.8) is 0 Å². The molecule has 0 unspecified atom stereocenters. The van der Waals surface area contributed by atoms with Crippen molar-refractivity contribution in [3.8, 4) is 0 Å². The van der Waals surface area contributed by atoms with Crippen LogP contribution in [0.4, 0.5) is 0 Å². The van der Waals surface area contributed by atoms with E-state index in [-0.39, 0.29) is 65.2 Å². The SMILES string of the molecule is NN(C(=O)CP(=O)([O-])[O-])C1CCCCC1.[Na+].[Na+]. The molecule has 1 fully saturated rings. The van der Waals surface area contributed by atoms with E-state index in [4.69, 9.17) is 5.84 Å². The summed E-state index contributed by atoms with van der Waals surface area (Å²) < 4.78 is 10.4. The first kappa shape index (κ1) is 20.9. The number of amides is 1. The van der Waals surface area contributed by atoms with Gasteiger partial charge in [0, 0.05) is 6.04 Å². The Hall–Kier alpha value is 1.58. The van der Waals surface area contributed by atoms with Crippen LogP contribution in [-0.4, -0.2) is 23.1 Å². The number of carbonyl (C=O) groups excluding carboxylic acids is 1. The quantitative estimate of drug-likeness (QED) is 0.182. The van der Waals surface area contributed by atoms with Gasteiger partial charge in [0.1, 0.15) is 0 Å². The average molecular weight is 280 g/mol. The molecule has 88 valence electrons. The molecule has 9 heteroatoms. The maximum atomic E-state index is 11.3. The Labute approximate surface area is 145 Å². The summed E-state index contributed by atoms with van der Waals surface area (Å²) in [4.78, 5) is 32.1. The van der Waals surface area contributed by atoms with Crippen molar-refractivity contribution in [2.45, 2.75) is 38.1 Å². The molecule has 0 heterocycles. The third-order valence-corrected chi connectivity index (χ3v) is 3.24. The number of nitrogens with zero attached hydrogens (tertiary/aromatic N) is 1. The number of carbonyl (C=O) groups is 1. The molecule has 0 aromatic heterocycles. The van der Waals surface area contributed by atoms with Crippen LogP contribution in [0, 0.1) is 0 Å². The van der Waals surface area contributed by atoms with Gasteiger partial charge in [-0.15, -0.1) is 0 Å². The van der Waals surface area contributed by atoms with Gasteiger partial charge in [0.05, 0.1) is 6.16 Å². The van der Waals surface area contributed by atoms with E-state index in [1.54, 1.807) is 0 Å². The van der Waals surface area contributed by atoms with E-state index in [1.165, 1.54) is 0 Å². The monoisotopic (exact) mass is 280 g/mol. The molecule has 0 saturated heterocycles. The Bertz CT molecular complexity index is 281. The molecule has 1 aliphatic rings. The van der Waals surface area contributed by atoms with Gasteiger partial charge in [-0.3, -0.25) is 9.80 Å². The van der Waals surface area contributed by atoms with Crippen LogP contribution < -0.4 is 74.7 Å². The Kier molecular flexibility index (Phi) is 11.6. The predicted molar refractivity (Wildman–Crippen MR) is 50.4 cm³/mol. The van der Waals surface area contributed by atoms with Gasteiger partial charge >= 0.3 is 59.1 Å². The molecule has 0 radical (unpaired) electrons. The molecule has 0 aromatic carbocycles. The topological polar surface area (TPSA) is 110 Å². The minimum absolute atomic E-state index is 0. The molecular weight excluding hydrogens is 265 g/mol. The number of nitrogens with two attached hydrogens (primary N) is 1. The number of rotatable bonds is 3. The first-order valence-corrected chi connectivity index (χ1v) is 6.71. The second kappa shape index (κ2) is 9.48. The average Bonchev–Trinajstić information content (AvgIpc) is 2.15. The van der Waals surface area contributed by atoms with Gasteiger partial charge in [0.25, 0.3) is 0 Å². The van der Waals surface area contributed by atoms with Crippen molar-refractivity contribution < 1.29 is 78.3 Å². The molecule has 0 atom stereocenters. The molecule has 0 aliphatic heterocycles. The van der Waals surface area contributed by atoms with Crippen LogP contribution >= 0.6 is 7.60 Å². The van der Waals surface area contributed by atoms with E-state index >= 15 is 0 Å².